The van der Waals surface area contributed by atoms with E-state index in [4.69, 9.17) is 16.9 Å². The van der Waals surface area contributed by atoms with E-state index < -0.39 is 10.0 Å². The maximum atomic E-state index is 12.6. The summed E-state index contributed by atoms with van der Waals surface area (Å²) in [5, 5.41) is 9.98. The smallest absolute Gasteiger partial charge is 0.264 e. The summed E-state index contributed by atoms with van der Waals surface area (Å²) in [4.78, 5) is 6.98. The second-order valence-electron chi connectivity index (χ2n) is 4.94. The first-order valence-corrected chi connectivity index (χ1v) is 8.43. The van der Waals surface area contributed by atoms with Gasteiger partial charge in [0, 0.05) is 27.8 Å². The lowest BCUT2D eigenvalue weighted by molar-refractivity contribution is 0.602. The van der Waals surface area contributed by atoms with Gasteiger partial charge in [0.25, 0.3) is 10.0 Å². The Balaban J connectivity index is 2.05. The first-order valence-electron chi connectivity index (χ1n) is 6.57. The van der Waals surface area contributed by atoms with Crippen LogP contribution >= 0.6 is 11.6 Å². The molecule has 6 nitrogen and oxygen atoms in total. The van der Waals surface area contributed by atoms with E-state index in [2.05, 4.69) is 14.7 Å². The first-order chi connectivity index (χ1) is 10.9. The van der Waals surface area contributed by atoms with Crippen LogP contribution in [0.5, 0.6) is 0 Å². The van der Waals surface area contributed by atoms with Crippen molar-refractivity contribution < 1.29 is 8.42 Å². The van der Waals surface area contributed by atoms with Crippen LogP contribution in [0.2, 0.25) is 5.02 Å². The van der Waals surface area contributed by atoms with Gasteiger partial charge in [-0.15, -0.1) is 0 Å². The molecule has 2 heterocycles. The molecular weight excluding hydrogens is 336 g/mol. The Bertz CT molecular complexity index is 1050. The van der Waals surface area contributed by atoms with Crippen molar-refractivity contribution in [2.75, 3.05) is 4.72 Å². The van der Waals surface area contributed by atoms with E-state index in [0.717, 1.165) is 0 Å². The summed E-state index contributed by atoms with van der Waals surface area (Å²) in [6.45, 7) is 1.69. The summed E-state index contributed by atoms with van der Waals surface area (Å²) in [5.41, 5.74) is 1.61. The number of benzene rings is 1. The molecule has 2 N–H and O–H groups in total. The van der Waals surface area contributed by atoms with Crippen LogP contribution in [0.3, 0.4) is 0 Å². The Labute approximate surface area is 137 Å². The third-order valence-corrected chi connectivity index (χ3v) is 4.87. The number of pyridine rings is 1. The average Bonchev–Trinajstić information content (AvgIpc) is 2.89. The molecule has 0 radical (unpaired) electrons. The first kappa shape index (κ1) is 15.3. The molecule has 8 heteroatoms. The molecule has 0 aliphatic rings. The number of anilines is 1. The second kappa shape index (κ2) is 5.57. The van der Waals surface area contributed by atoms with E-state index in [1.54, 1.807) is 31.2 Å². The fraction of sp³-hybridized carbons (Fsp3) is 0.0667. The second-order valence-corrected chi connectivity index (χ2v) is 7.03. The molecule has 0 spiro atoms. The number of hydrogen-bond acceptors (Lipinski definition) is 4. The maximum Gasteiger partial charge on any atom is 0.264 e. The summed E-state index contributed by atoms with van der Waals surface area (Å²) in [6, 6.07) is 9.76. The Morgan fingerprint density at radius 3 is 2.83 bits per heavy atom. The molecule has 2 aromatic heterocycles. The largest absolute Gasteiger partial charge is 0.360 e. The number of H-pyrrole nitrogens is 1. The SMILES string of the molecule is Cc1cc(NS(=O)(=O)c2c[nH]c3cc(Cl)ccc23)cc(C#N)n1. The van der Waals surface area contributed by atoms with Gasteiger partial charge in [-0.05, 0) is 37.3 Å². The lowest BCUT2D eigenvalue weighted by atomic mass is 10.2. The van der Waals surface area contributed by atoms with Crippen molar-refractivity contribution in [2.45, 2.75) is 11.8 Å². The summed E-state index contributed by atoms with van der Waals surface area (Å²) >= 11 is 5.90. The number of aromatic amines is 1. The lowest BCUT2D eigenvalue weighted by Gasteiger charge is -2.08. The van der Waals surface area contributed by atoms with Crippen molar-refractivity contribution in [3.8, 4) is 6.07 Å². The van der Waals surface area contributed by atoms with Crippen molar-refractivity contribution >= 4 is 38.2 Å². The molecule has 0 fully saturated rings. The van der Waals surface area contributed by atoms with Crippen molar-refractivity contribution in [3.63, 3.8) is 0 Å². The fourth-order valence-corrected chi connectivity index (χ4v) is 3.68. The Morgan fingerprint density at radius 1 is 1.30 bits per heavy atom. The molecule has 0 unspecified atom stereocenters. The fourth-order valence-electron chi connectivity index (χ4n) is 2.29. The zero-order valence-corrected chi connectivity index (χ0v) is 13.5. The number of rotatable bonds is 3. The van der Waals surface area contributed by atoms with Gasteiger partial charge in [-0.3, -0.25) is 4.72 Å². The molecule has 0 bridgehead atoms. The van der Waals surface area contributed by atoms with Crippen LogP contribution in [-0.4, -0.2) is 18.4 Å². The molecule has 0 saturated heterocycles. The summed E-state index contributed by atoms with van der Waals surface area (Å²) in [6.07, 6.45) is 1.41. The molecular formula is C15H11ClN4O2S. The minimum atomic E-state index is -3.81. The topological polar surface area (TPSA) is 98.6 Å². The molecule has 0 amide bonds. The van der Waals surface area contributed by atoms with E-state index in [0.29, 0.717) is 21.6 Å². The van der Waals surface area contributed by atoms with E-state index in [1.807, 2.05) is 6.07 Å². The van der Waals surface area contributed by atoms with Gasteiger partial charge in [-0.25, -0.2) is 13.4 Å². The average molecular weight is 347 g/mol. The van der Waals surface area contributed by atoms with Gasteiger partial charge in [-0.2, -0.15) is 5.26 Å². The Hall–Kier alpha value is -2.56. The Kier molecular flexibility index (Phi) is 3.72. The highest BCUT2D eigenvalue weighted by Gasteiger charge is 2.19. The van der Waals surface area contributed by atoms with Gasteiger partial charge >= 0.3 is 0 Å². The van der Waals surface area contributed by atoms with Crippen LogP contribution in [0.15, 0.2) is 41.4 Å². The monoisotopic (exact) mass is 346 g/mol. The van der Waals surface area contributed by atoms with Crippen LogP contribution < -0.4 is 4.72 Å². The Morgan fingerprint density at radius 2 is 2.09 bits per heavy atom. The van der Waals surface area contributed by atoms with Crippen LogP contribution in [0.1, 0.15) is 11.4 Å². The zero-order valence-electron chi connectivity index (χ0n) is 12.0. The third-order valence-electron chi connectivity index (χ3n) is 3.22. The standard InChI is InChI=1S/C15H11ClN4O2S/c1-9-4-11(6-12(7-17)19-9)20-23(21,22)15-8-18-14-5-10(16)2-3-13(14)15/h2-6,8,18H,1H3,(H,19,20). The number of hydrogen-bond donors (Lipinski definition) is 2. The van der Waals surface area contributed by atoms with Crippen LogP contribution in [0, 0.1) is 18.3 Å². The number of nitrogens with one attached hydrogen (secondary N) is 2. The highest BCUT2D eigenvalue weighted by molar-refractivity contribution is 7.93. The summed E-state index contributed by atoms with van der Waals surface area (Å²) in [5.74, 6) is 0. The van der Waals surface area contributed by atoms with Gasteiger partial charge < -0.3 is 4.98 Å². The lowest BCUT2D eigenvalue weighted by Crippen LogP contribution is -2.13. The number of halogens is 1. The highest BCUT2D eigenvalue weighted by Crippen LogP contribution is 2.27. The number of nitrogens with zero attached hydrogens (tertiary/aromatic N) is 2. The molecule has 0 aliphatic carbocycles. The predicted octanol–water partition coefficient (Wildman–Crippen LogP) is 3.20. The normalized spacial score (nSPS) is 11.3. The van der Waals surface area contributed by atoms with E-state index in [9.17, 15) is 8.42 Å². The molecule has 116 valence electrons. The van der Waals surface area contributed by atoms with E-state index >= 15 is 0 Å². The van der Waals surface area contributed by atoms with Gasteiger partial charge in [0.2, 0.25) is 0 Å². The molecule has 0 aliphatic heterocycles. The summed E-state index contributed by atoms with van der Waals surface area (Å²) in [7, 11) is -3.81. The zero-order chi connectivity index (χ0) is 16.6. The minimum absolute atomic E-state index is 0.108. The van der Waals surface area contributed by atoms with E-state index in [1.165, 1.54) is 12.3 Å². The third kappa shape index (κ3) is 2.99. The minimum Gasteiger partial charge on any atom is -0.360 e. The van der Waals surface area contributed by atoms with Crippen molar-refractivity contribution in [1.29, 1.82) is 5.26 Å². The van der Waals surface area contributed by atoms with Gasteiger partial charge in [0.05, 0.1) is 5.69 Å². The highest BCUT2D eigenvalue weighted by atomic mass is 35.5. The predicted molar refractivity (Wildman–Crippen MR) is 87.8 cm³/mol. The number of fused-ring (bicyclic) bond motifs is 1. The summed E-state index contributed by atoms with van der Waals surface area (Å²) < 4.78 is 27.7. The molecule has 0 atom stereocenters. The van der Waals surface area contributed by atoms with Crippen molar-refractivity contribution in [1.82, 2.24) is 9.97 Å². The maximum absolute atomic E-state index is 12.6. The quantitative estimate of drug-likeness (QED) is 0.760. The van der Waals surface area contributed by atoms with Crippen LogP contribution in [-0.2, 0) is 10.0 Å². The van der Waals surface area contributed by atoms with Gasteiger partial charge in [0.1, 0.15) is 16.7 Å². The number of sulfonamides is 1. The van der Waals surface area contributed by atoms with Gasteiger partial charge in [0.15, 0.2) is 0 Å². The number of aromatic nitrogens is 2. The molecule has 23 heavy (non-hydrogen) atoms. The molecule has 1 aromatic carbocycles. The van der Waals surface area contributed by atoms with Crippen molar-refractivity contribution in [2.24, 2.45) is 0 Å². The van der Waals surface area contributed by atoms with Crippen molar-refractivity contribution in [3.05, 3.63) is 52.9 Å². The van der Waals surface area contributed by atoms with Gasteiger partial charge in [-0.1, -0.05) is 11.6 Å². The van der Waals surface area contributed by atoms with E-state index in [-0.39, 0.29) is 16.3 Å². The molecule has 0 saturated carbocycles. The molecule has 3 rings (SSSR count). The molecule has 3 aromatic rings. The number of nitriles is 1. The number of aryl methyl sites for hydroxylation is 1. The van der Waals surface area contributed by atoms with Crippen LogP contribution in [0.25, 0.3) is 10.9 Å². The van der Waals surface area contributed by atoms with Crippen LogP contribution in [0.4, 0.5) is 5.69 Å².